The van der Waals surface area contributed by atoms with E-state index in [-0.39, 0.29) is 0 Å². The van der Waals surface area contributed by atoms with E-state index in [0.29, 0.717) is 12.2 Å². The molecule has 0 aliphatic rings. The normalized spacial score (nSPS) is 14.0. The second kappa shape index (κ2) is 15.4. The number of carboxylic acids is 3. The summed E-state index contributed by atoms with van der Waals surface area (Å²) in [6, 6.07) is -5.70. The van der Waals surface area contributed by atoms with Gasteiger partial charge in [0, 0.05) is 0 Å². The monoisotopic (exact) mass is 507 g/mol. The number of hydrogen-bond donors (Lipinski definition) is 8. The highest BCUT2D eigenvalue weighted by molar-refractivity contribution is 7.98. The molecule has 4 amide bonds. The number of carboxylic acid groups (broad SMARTS) is 3. The van der Waals surface area contributed by atoms with Crippen LogP contribution in [0.25, 0.3) is 0 Å². The number of nitrogens with two attached hydrogens (primary N) is 1. The maximum atomic E-state index is 12.3. The summed E-state index contributed by atoms with van der Waals surface area (Å²) in [5.41, 5.74) is 5.67. The molecule has 16 heteroatoms. The average molecular weight is 508 g/mol. The summed E-state index contributed by atoms with van der Waals surface area (Å²) < 4.78 is 0. The van der Waals surface area contributed by atoms with Gasteiger partial charge in [-0.15, -0.1) is 0 Å². The number of rotatable bonds is 16. The molecule has 0 aromatic rings. The summed E-state index contributed by atoms with van der Waals surface area (Å²) in [5, 5.41) is 35.2. The summed E-state index contributed by atoms with van der Waals surface area (Å²) in [6.45, 7) is 0.734. The zero-order valence-electron chi connectivity index (χ0n) is 18.5. The Balaban J connectivity index is 4.95. The Hall–Kier alpha value is -3.40. The Labute approximate surface area is 198 Å². The van der Waals surface area contributed by atoms with Gasteiger partial charge in [0.05, 0.1) is 25.4 Å². The summed E-state index contributed by atoms with van der Waals surface area (Å²) in [7, 11) is 0. The molecule has 34 heavy (non-hydrogen) atoms. The third-order valence-electron chi connectivity index (χ3n) is 4.17. The molecule has 15 nitrogen and oxygen atoms in total. The van der Waals surface area contributed by atoms with Crippen molar-refractivity contribution in [3.63, 3.8) is 0 Å². The molecule has 0 unspecified atom stereocenters. The van der Waals surface area contributed by atoms with E-state index in [2.05, 4.69) is 16.0 Å². The molecular formula is C18H29N5O10S. The zero-order chi connectivity index (χ0) is 26.4. The minimum atomic E-state index is -1.86. The van der Waals surface area contributed by atoms with Gasteiger partial charge in [0.15, 0.2) is 0 Å². The van der Waals surface area contributed by atoms with Gasteiger partial charge >= 0.3 is 17.9 Å². The molecule has 192 valence electrons. The van der Waals surface area contributed by atoms with Crippen LogP contribution in [0, 0.1) is 0 Å². The molecule has 0 aliphatic carbocycles. The summed E-state index contributed by atoms with van der Waals surface area (Å²) in [6.07, 6.45) is 0.320. The van der Waals surface area contributed by atoms with Crippen LogP contribution in [0.3, 0.4) is 0 Å². The SMILES string of the molecule is CSCC[C@H](N)C(=O)NCC(=O)N[C@@H](C)C(=O)N[C@@H](CC(=O)O)C(=O)N[C@@H](CC(=O)O)C(=O)O. The van der Waals surface area contributed by atoms with Crippen LogP contribution in [0.1, 0.15) is 26.2 Å². The molecular weight excluding hydrogens is 478 g/mol. The van der Waals surface area contributed by atoms with Crippen molar-refractivity contribution in [2.24, 2.45) is 5.73 Å². The predicted molar refractivity (Wildman–Crippen MR) is 118 cm³/mol. The van der Waals surface area contributed by atoms with E-state index in [0.717, 1.165) is 0 Å². The molecule has 0 spiro atoms. The third-order valence-corrected chi connectivity index (χ3v) is 4.81. The van der Waals surface area contributed by atoms with Crippen molar-refractivity contribution in [3.8, 4) is 0 Å². The van der Waals surface area contributed by atoms with Crippen LogP contribution in [0.5, 0.6) is 0 Å². The van der Waals surface area contributed by atoms with Crippen LogP contribution in [-0.2, 0) is 33.6 Å². The standard InChI is InChI=1S/C18H29N5O10S/c1-8(21-12(24)7-20-16(30)9(19)3-4-34-2)15(29)22-10(5-13(25)26)17(31)23-11(18(32)33)6-14(27)28/h8-11H,3-7,19H2,1-2H3,(H,20,30)(H,21,24)(H,22,29)(H,23,31)(H,25,26)(H,27,28)(H,32,33)/t8-,9-,10-,11-/m0/s1. The highest BCUT2D eigenvalue weighted by atomic mass is 32.2. The smallest absolute Gasteiger partial charge is 0.326 e. The van der Waals surface area contributed by atoms with E-state index in [1.807, 2.05) is 11.6 Å². The van der Waals surface area contributed by atoms with Gasteiger partial charge in [-0.3, -0.25) is 28.8 Å². The van der Waals surface area contributed by atoms with E-state index < -0.39 is 85.1 Å². The Bertz CT molecular complexity index is 793. The third kappa shape index (κ3) is 12.6. The lowest BCUT2D eigenvalue weighted by Gasteiger charge is -2.22. The molecule has 0 saturated heterocycles. The second-order valence-electron chi connectivity index (χ2n) is 7.05. The Morgan fingerprint density at radius 2 is 1.35 bits per heavy atom. The molecule has 0 rings (SSSR count). The Morgan fingerprint density at radius 3 is 1.85 bits per heavy atom. The van der Waals surface area contributed by atoms with Gasteiger partial charge in [-0.05, 0) is 25.4 Å². The average Bonchev–Trinajstić information content (AvgIpc) is 2.73. The maximum absolute atomic E-state index is 12.3. The summed E-state index contributed by atoms with van der Waals surface area (Å²) >= 11 is 1.50. The first-order valence-corrected chi connectivity index (χ1v) is 11.3. The van der Waals surface area contributed by atoms with Gasteiger partial charge in [-0.2, -0.15) is 11.8 Å². The highest BCUT2D eigenvalue weighted by Crippen LogP contribution is 2.00. The first-order valence-electron chi connectivity index (χ1n) is 9.87. The van der Waals surface area contributed by atoms with Crippen LogP contribution in [0.4, 0.5) is 0 Å². The molecule has 0 saturated carbocycles. The quantitative estimate of drug-likeness (QED) is 0.102. The van der Waals surface area contributed by atoms with Crippen molar-refractivity contribution in [2.75, 3.05) is 18.6 Å². The van der Waals surface area contributed by atoms with E-state index in [1.165, 1.54) is 18.7 Å². The summed E-state index contributed by atoms with van der Waals surface area (Å²) in [4.78, 5) is 81.3. The van der Waals surface area contributed by atoms with Crippen LogP contribution >= 0.6 is 11.8 Å². The van der Waals surface area contributed by atoms with Crippen molar-refractivity contribution in [1.29, 1.82) is 0 Å². The fourth-order valence-electron chi connectivity index (χ4n) is 2.36. The molecule has 0 aromatic carbocycles. The summed E-state index contributed by atoms with van der Waals surface area (Å²) in [5.74, 6) is -7.62. The van der Waals surface area contributed by atoms with Gasteiger partial charge in [0.25, 0.3) is 0 Å². The number of carbonyl (C=O) groups excluding carboxylic acids is 4. The lowest BCUT2D eigenvalue weighted by molar-refractivity contribution is -0.148. The van der Waals surface area contributed by atoms with Gasteiger partial charge in [-0.25, -0.2) is 4.79 Å². The Morgan fingerprint density at radius 1 is 0.824 bits per heavy atom. The number of hydrogen-bond acceptors (Lipinski definition) is 9. The van der Waals surface area contributed by atoms with Gasteiger partial charge in [0.1, 0.15) is 18.1 Å². The number of thioether (sulfide) groups is 1. The van der Waals surface area contributed by atoms with Crippen molar-refractivity contribution >= 4 is 53.3 Å². The number of amides is 4. The predicted octanol–water partition coefficient (Wildman–Crippen LogP) is -3.31. The molecule has 9 N–H and O–H groups in total. The Kier molecular flexibility index (Phi) is 13.9. The minimum Gasteiger partial charge on any atom is -0.481 e. The number of carbonyl (C=O) groups is 7. The molecule has 0 aliphatic heterocycles. The molecule has 0 radical (unpaired) electrons. The molecule has 0 heterocycles. The van der Waals surface area contributed by atoms with Gasteiger partial charge < -0.3 is 42.3 Å². The van der Waals surface area contributed by atoms with Crippen molar-refractivity contribution in [1.82, 2.24) is 21.3 Å². The van der Waals surface area contributed by atoms with Crippen LogP contribution < -0.4 is 27.0 Å². The molecule has 0 aromatic heterocycles. The molecule has 4 atom stereocenters. The first kappa shape index (κ1) is 30.6. The largest absolute Gasteiger partial charge is 0.481 e. The van der Waals surface area contributed by atoms with Crippen molar-refractivity contribution < 1.29 is 48.9 Å². The number of aliphatic carboxylic acids is 3. The van der Waals surface area contributed by atoms with E-state index in [4.69, 9.17) is 21.1 Å². The van der Waals surface area contributed by atoms with Crippen LogP contribution in [-0.4, -0.2) is 99.6 Å². The highest BCUT2D eigenvalue weighted by Gasteiger charge is 2.30. The van der Waals surface area contributed by atoms with E-state index in [1.54, 1.807) is 0 Å². The van der Waals surface area contributed by atoms with Crippen molar-refractivity contribution in [2.45, 2.75) is 50.4 Å². The van der Waals surface area contributed by atoms with E-state index >= 15 is 0 Å². The second-order valence-corrected chi connectivity index (χ2v) is 8.04. The van der Waals surface area contributed by atoms with Crippen LogP contribution in [0.15, 0.2) is 0 Å². The van der Waals surface area contributed by atoms with E-state index in [9.17, 15) is 33.6 Å². The maximum Gasteiger partial charge on any atom is 0.326 e. The lowest BCUT2D eigenvalue weighted by atomic mass is 10.1. The fraction of sp³-hybridized carbons (Fsp3) is 0.611. The fourth-order valence-corrected chi connectivity index (χ4v) is 2.85. The first-order chi connectivity index (χ1) is 15.8. The topological polar surface area (TPSA) is 254 Å². The van der Waals surface area contributed by atoms with Gasteiger partial charge in [0.2, 0.25) is 23.6 Å². The molecule has 0 fully saturated rings. The molecule has 0 bridgehead atoms. The van der Waals surface area contributed by atoms with Crippen molar-refractivity contribution in [3.05, 3.63) is 0 Å². The van der Waals surface area contributed by atoms with Gasteiger partial charge in [-0.1, -0.05) is 0 Å². The lowest BCUT2D eigenvalue weighted by Crippen LogP contribution is -2.56. The minimum absolute atomic E-state index is 0.398. The van der Waals surface area contributed by atoms with Crippen LogP contribution in [0.2, 0.25) is 0 Å². The zero-order valence-corrected chi connectivity index (χ0v) is 19.3. The number of nitrogens with one attached hydrogen (secondary N) is 4.